The molecule has 2 aromatic rings. The third-order valence-corrected chi connectivity index (χ3v) is 5.06. The summed E-state index contributed by atoms with van der Waals surface area (Å²) in [4.78, 5) is 27.1. The molecule has 194 valence electrons. The molecule has 1 aromatic heterocycles. The molecule has 3 amide bonds. The minimum atomic E-state index is -4.62. The summed E-state index contributed by atoms with van der Waals surface area (Å²) in [7, 11) is 0. The van der Waals surface area contributed by atoms with Crippen LogP contribution in [0, 0.1) is 5.92 Å². The Hall–Kier alpha value is -3.04. The smallest absolute Gasteiger partial charge is 0.315 e. The minimum Gasteiger partial charge on any atom is -0.315 e. The van der Waals surface area contributed by atoms with E-state index in [-0.39, 0.29) is 30.1 Å². The molecule has 0 aliphatic heterocycles. The first-order chi connectivity index (χ1) is 15.9. The van der Waals surface area contributed by atoms with Gasteiger partial charge in [0, 0.05) is 18.0 Å². The summed E-state index contributed by atoms with van der Waals surface area (Å²) in [6.45, 7) is 15.5. The average Bonchev–Trinajstić information content (AvgIpc) is 3.11. The number of nitrogens with zero attached hydrogens (tertiary/aromatic N) is 3. The molecule has 0 aliphatic carbocycles. The van der Waals surface area contributed by atoms with Gasteiger partial charge < -0.3 is 15.5 Å². The first kappa shape index (κ1) is 28.2. The standard InChI is InChI=1S/C25H36F3N5O2/c1-16(2)14-32(22(35)29-18-12-10-9-11-17(18)25(26,27)28)15-21(34)30-20-13-19(23(3,4)5)31-33(20)24(6,7)8/h9-13,16H,14-15H2,1-8H3,(H,29,35)(H,30,34). The van der Waals surface area contributed by atoms with E-state index in [1.54, 1.807) is 10.7 Å². The number of aromatic nitrogens is 2. The van der Waals surface area contributed by atoms with Crippen molar-refractivity contribution >= 4 is 23.4 Å². The minimum absolute atomic E-state index is 0.0148. The van der Waals surface area contributed by atoms with Gasteiger partial charge in [-0.2, -0.15) is 18.3 Å². The Kier molecular flexibility index (Phi) is 8.29. The van der Waals surface area contributed by atoms with Crippen molar-refractivity contribution in [3.63, 3.8) is 0 Å². The molecule has 7 nitrogen and oxygen atoms in total. The van der Waals surface area contributed by atoms with Crippen LogP contribution in [-0.4, -0.2) is 39.7 Å². The second-order valence-corrected chi connectivity index (χ2v) is 11.0. The zero-order chi connectivity index (χ0) is 26.8. The van der Waals surface area contributed by atoms with Gasteiger partial charge in [0.05, 0.1) is 22.5 Å². The third kappa shape index (κ3) is 7.73. The van der Waals surface area contributed by atoms with Crippen LogP contribution in [0.15, 0.2) is 30.3 Å². The maximum atomic E-state index is 13.3. The lowest BCUT2D eigenvalue weighted by Crippen LogP contribution is -2.43. The molecule has 35 heavy (non-hydrogen) atoms. The Balaban J connectivity index is 2.26. The fourth-order valence-corrected chi connectivity index (χ4v) is 3.40. The van der Waals surface area contributed by atoms with Crippen molar-refractivity contribution in [2.24, 2.45) is 5.92 Å². The van der Waals surface area contributed by atoms with Crippen molar-refractivity contribution in [3.05, 3.63) is 41.6 Å². The van der Waals surface area contributed by atoms with Crippen molar-refractivity contribution in [2.75, 3.05) is 23.7 Å². The van der Waals surface area contributed by atoms with Crippen LogP contribution in [0.2, 0.25) is 0 Å². The predicted octanol–water partition coefficient (Wildman–Crippen LogP) is 6.08. The van der Waals surface area contributed by atoms with Gasteiger partial charge in [0.25, 0.3) is 0 Å². The van der Waals surface area contributed by atoms with E-state index in [1.165, 1.54) is 23.1 Å². The zero-order valence-corrected chi connectivity index (χ0v) is 21.7. The van der Waals surface area contributed by atoms with Crippen LogP contribution < -0.4 is 10.6 Å². The summed E-state index contributed by atoms with van der Waals surface area (Å²) in [5.74, 6) is -0.00507. The molecule has 1 heterocycles. The van der Waals surface area contributed by atoms with Gasteiger partial charge in [0.1, 0.15) is 12.4 Å². The molecule has 2 N–H and O–H groups in total. The molecular formula is C25H36F3N5O2. The number of anilines is 2. The van der Waals surface area contributed by atoms with E-state index < -0.39 is 29.2 Å². The van der Waals surface area contributed by atoms with Gasteiger partial charge in [-0.25, -0.2) is 9.48 Å². The number of rotatable bonds is 6. The Labute approximate surface area is 205 Å². The molecule has 0 atom stereocenters. The number of halogens is 3. The summed E-state index contributed by atoms with van der Waals surface area (Å²) in [5, 5.41) is 9.81. The van der Waals surface area contributed by atoms with E-state index in [0.717, 1.165) is 11.8 Å². The maximum absolute atomic E-state index is 13.3. The zero-order valence-electron chi connectivity index (χ0n) is 21.7. The Morgan fingerprint density at radius 1 is 1.03 bits per heavy atom. The molecular weight excluding hydrogens is 459 g/mol. The number of hydrogen-bond donors (Lipinski definition) is 2. The number of carbonyl (C=O) groups excluding carboxylic acids is 2. The normalized spacial score (nSPS) is 12.6. The van der Waals surface area contributed by atoms with Crippen molar-refractivity contribution in [3.8, 4) is 0 Å². The summed E-state index contributed by atoms with van der Waals surface area (Å²) in [6, 6.07) is 5.76. The molecule has 0 unspecified atom stereocenters. The van der Waals surface area contributed by atoms with Gasteiger partial charge in [-0.1, -0.05) is 46.8 Å². The number of alkyl halides is 3. The highest BCUT2D eigenvalue weighted by Gasteiger charge is 2.34. The number of hydrogen-bond acceptors (Lipinski definition) is 3. The first-order valence-corrected chi connectivity index (χ1v) is 11.5. The number of nitrogens with one attached hydrogen (secondary N) is 2. The second kappa shape index (κ2) is 10.3. The van der Waals surface area contributed by atoms with E-state index in [4.69, 9.17) is 0 Å². The van der Waals surface area contributed by atoms with Gasteiger partial charge in [-0.3, -0.25) is 4.79 Å². The Morgan fingerprint density at radius 2 is 1.63 bits per heavy atom. The average molecular weight is 496 g/mol. The van der Waals surface area contributed by atoms with Crippen LogP contribution in [0.4, 0.5) is 29.5 Å². The van der Waals surface area contributed by atoms with Gasteiger partial charge in [-0.05, 0) is 38.8 Å². The molecule has 0 spiro atoms. The molecule has 0 aliphatic rings. The number of benzene rings is 1. The second-order valence-electron chi connectivity index (χ2n) is 11.0. The van der Waals surface area contributed by atoms with Gasteiger partial charge in [0.2, 0.25) is 5.91 Å². The maximum Gasteiger partial charge on any atom is 0.418 e. The van der Waals surface area contributed by atoms with E-state index in [2.05, 4.69) is 15.7 Å². The predicted molar refractivity (Wildman–Crippen MR) is 131 cm³/mol. The highest BCUT2D eigenvalue weighted by molar-refractivity contribution is 5.97. The van der Waals surface area contributed by atoms with Crippen LogP contribution in [0.1, 0.15) is 66.6 Å². The van der Waals surface area contributed by atoms with E-state index in [1.807, 2.05) is 55.4 Å². The number of urea groups is 1. The lowest BCUT2D eigenvalue weighted by molar-refractivity contribution is -0.137. The van der Waals surface area contributed by atoms with Crippen LogP contribution in [-0.2, 0) is 21.9 Å². The van der Waals surface area contributed by atoms with Crippen molar-refractivity contribution < 1.29 is 22.8 Å². The molecule has 0 radical (unpaired) electrons. The molecule has 0 saturated heterocycles. The molecule has 0 fully saturated rings. The number of para-hydroxylation sites is 1. The van der Waals surface area contributed by atoms with Crippen molar-refractivity contribution in [1.82, 2.24) is 14.7 Å². The SMILES string of the molecule is CC(C)CN(CC(=O)Nc1cc(C(C)(C)C)nn1C(C)(C)C)C(=O)Nc1ccccc1C(F)(F)F. The lowest BCUT2D eigenvalue weighted by Gasteiger charge is -2.26. The van der Waals surface area contributed by atoms with Crippen molar-refractivity contribution in [1.29, 1.82) is 0 Å². The fourth-order valence-electron chi connectivity index (χ4n) is 3.40. The van der Waals surface area contributed by atoms with E-state index in [0.29, 0.717) is 5.82 Å². The van der Waals surface area contributed by atoms with Crippen molar-refractivity contribution in [2.45, 2.75) is 72.5 Å². The summed E-state index contributed by atoms with van der Waals surface area (Å²) in [6.07, 6.45) is -4.62. The quantitative estimate of drug-likeness (QED) is 0.510. The highest BCUT2D eigenvalue weighted by Crippen LogP contribution is 2.34. The van der Waals surface area contributed by atoms with Crippen LogP contribution in [0.25, 0.3) is 0 Å². The van der Waals surface area contributed by atoms with Gasteiger partial charge in [-0.15, -0.1) is 0 Å². The fraction of sp³-hybridized carbons (Fsp3) is 0.560. The molecule has 0 bridgehead atoms. The summed E-state index contributed by atoms with van der Waals surface area (Å²) < 4.78 is 41.8. The van der Waals surface area contributed by atoms with Crippen LogP contribution in [0.5, 0.6) is 0 Å². The number of amides is 3. The lowest BCUT2D eigenvalue weighted by atomic mass is 9.92. The van der Waals surface area contributed by atoms with Crippen LogP contribution in [0.3, 0.4) is 0 Å². The largest absolute Gasteiger partial charge is 0.418 e. The summed E-state index contributed by atoms with van der Waals surface area (Å²) in [5.41, 5.74) is -1.18. The van der Waals surface area contributed by atoms with Gasteiger partial charge in [0.15, 0.2) is 0 Å². The molecule has 10 heteroatoms. The number of carbonyl (C=O) groups is 2. The Bertz CT molecular complexity index is 1050. The monoisotopic (exact) mass is 495 g/mol. The highest BCUT2D eigenvalue weighted by atomic mass is 19.4. The summed E-state index contributed by atoms with van der Waals surface area (Å²) >= 11 is 0. The molecule has 1 aromatic carbocycles. The Morgan fingerprint density at radius 3 is 2.14 bits per heavy atom. The topological polar surface area (TPSA) is 79.3 Å². The van der Waals surface area contributed by atoms with Gasteiger partial charge >= 0.3 is 12.2 Å². The third-order valence-electron chi connectivity index (χ3n) is 5.06. The molecule has 2 rings (SSSR count). The molecule has 0 saturated carbocycles. The van der Waals surface area contributed by atoms with Crippen LogP contribution >= 0.6 is 0 Å². The van der Waals surface area contributed by atoms with E-state index in [9.17, 15) is 22.8 Å². The van der Waals surface area contributed by atoms with E-state index >= 15 is 0 Å². The first-order valence-electron chi connectivity index (χ1n) is 11.5.